The fourth-order valence-electron chi connectivity index (χ4n) is 1.74. The largest absolute Gasteiger partial charge is 0.332 e. The molecule has 2 heterocycles. The van der Waals surface area contributed by atoms with Gasteiger partial charge in [-0.1, -0.05) is 0 Å². The van der Waals surface area contributed by atoms with E-state index in [4.69, 9.17) is 4.52 Å². The van der Waals surface area contributed by atoms with Crippen LogP contribution in [0.1, 0.15) is 16.9 Å². The van der Waals surface area contributed by atoms with E-state index in [1.54, 1.807) is 11.3 Å². The molecule has 0 aliphatic heterocycles. The standard InChI is InChI=1S/C9H7BrN2OS/c10-9-11-8(13-12-9)7-4-5-2-1-3-6(5)14-7/h4H,1-3H2. The van der Waals surface area contributed by atoms with Crippen LogP contribution in [0.4, 0.5) is 0 Å². The predicted molar refractivity (Wildman–Crippen MR) is 57.3 cm³/mol. The molecule has 14 heavy (non-hydrogen) atoms. The Morgan fingerprint density at radius 1 is 1.43 bits per heavy atom. The van der Waals surface area contributed by atoms with Gasteiger partial charge in [-0.05, 0) is 52.0 Å². The van der Waals surface area contributed by atoms with Crippen molar-refractivity contribution in [3.8, 4) is 10.8 Å². The monoisotopic (exact) mass is 270 g/mol. The van der Waals surface area contributed by atoms with E-state index in [-0.39, 0.29) is 0 Å². The number of thiophene rings is 1. The predicted octanol–water partition coefficient (Wildman–Crippen LogP) is 3.05. The second-order valence-corrected chi connectivity index (χ2v) is 5.13. The van der Waals surface area contributed by atoms with Crippen LogP contribution in [0, 0.1) is 0 Å². The van der Waals surface area contributed by atoms with Gasteiger partial charge in [0.2, 0.25) is 4.73 Å². The topological polar surface area (TPSA) is 38.9 Å². The van der Waals surface area contributed by atoms with Crippen LogP contribution in [0.5, 0.6) is 0 Å². The molecule has 0 saturated heterocycles. The maximum absolute atomic E-state index is 5.09. The molecule has 5 heteroatoms. The molecule has 0 spiro atoms. The minimum atomic E-state index is 0.515. The molecule has 0 fully saturated rings. The van der Waals surface area contributed by atoms with Crippen LogP contribution in [0.15, 0.2) is 15.3 Å². The van der Waals surface area contributed by atoms with Crippen LogP contribution >= 0.6 is 27.3 Å². The highest BCUT2D eigenvalue weighted by molar-refractivity contribution is 9.10. The zero-order chi connectivity index (χ0) is 9.54. The average Bonchev–Trinajstić information content (AvgIpc) is 2.75. The Kier molecular flexibility index (Phi) is 1.95. The molecule has 1 aliphatic rings. The summed E-state index contributed by atoms with van der Waals surface area (Å²) in [7, 11) is 0. The number of aromatic nitrogens is 2. The first-order valence-electron chi connectivity index (χ1n) is 4.44. The summed E-state index contributed by atoms with van der Waals surface area (Å²) in [4.78, 5) is 6.71. The zero-order valence-electron chi connectivity index (χ0n) is 7.29. The quantitative estimate of drug-likeness (QED) is 0.800. The summed E-state index contributed by atoms with van der Waals surface area (Å²) in [5, 5.41) is 3.71. The molecule has 0 bridgehead atoms. The van der Waals surface area contributed by atoms with Crippen LogP contribution in [0.25, 0.3) is 10.8 Å². The normalized spacial score (nSPS) is 14.6. The lowest BCUT2D eigenvalue weighted by atomic mass is 10.2. The van der Waals surface area contributed by atoms with Gasteiger partial charge >= 0.3 is 0 Å². The number of aryl methyl sites for hydroxylation is 2. The highest BCUT2D eigenvalue weighted by Gasteiger charge is 2.18. The molecular formula is C9H7BrN2OS. The molecule has 1 aliphatic carbocycles. The van der Waals surface area contributed by atoms with Crippen molar-refractivity contribution >= 4 is 27.3 Å². The number of hydrogen-bond donors (Lipinski definition) is 0. The minimum absolute atomic E-state index is 0.515. The van der Waals surface area contributed by atoms with E-state index in [2.05, 4.69) is 32.1 Å². The maximum Gasteiger partial charge on any atom is 0.268 e. The summed E-state index contributed by atoms with van der Waals surface area (Å²) >= 11 is 4.95. The first-order valence-corrected chi connectivity index (χ1v) is 6.05. The van der Waals surface area contributed by atoms with Gasteiger partial charge in [-0.2, -0.15) is 4.98 Å². The van der Waals surface area contributed by atoms with E-state index < -0.39 is 0 Å². The fraction of sp³-hybridized carbons (Fsp3) is 0.333. The van der Waals surface area contributed by atoms with E-state index in [0.29, 0.717) is 10.6 Å². The lowest BCUT2D eigenvalue weighted by molar-refractivity contribution is 0.427. The van der Waals surface area contributed by atoms with E-state index in [1.807, 2.05) is 0 Å². The minimum Gasteiger partial charge on any atom is -0.332 e. The molecule has 2 aromatic heterocycles. The second-order valence-electron chi connectivity index (χ2n) is 3.28. The lowest BCUT2D eigenvalue weighted by Crippen LogP contribution is -1.73. The van der Waals surface area contributed by atoms with Gasteiger partial charge in [-0.3, -0.25) is 0 Å². The molecule has 0 unspecified atom stereocenters. The van der Waals surface area contributed by atoms with E-state index in [1.165, 1.54) is 29.7 Å². The summed E-state index contributed by atoms with van der Waals surface area (Å²) in [6, 6.07) is 2.17. The van der Waals surface area contributed by atoms with Crippen molar-refractivity contribution in [2.45, 2.75) is 19.3 Å². The molecule has 2 aromatic rings. The Morgan fingerprint density at radius 2 is 2.36 bits per heavy atom. The molecular weight excluding hydrogens is 264 g/mol. The van der Waals surface area contributed by atoms with Crippen LogP contribution in [0.2, 0.25) is 0 Å². The van der Waals surface area contributed by atoms with Gasteiger partial charge in [-0.25, -0.2) is 0 Å². The first kappa shape index (κ1) is 8.61. The van der Waals surface area contributed by atoms with Gasteiger partial charge in [-0.15, -0.1) is 11.3 Å². The van der Waals surface area contributed by atoms with Crippen LogP contribution in [-0.4, -0.2) is 10.1 Å². The van der Waals surface area contributed by atoms with E-state index in [0.717, 1.165) is 4.88 Å². The van der Waals surface area contributed by atoms with Crippen LogP contribution < -0.4 is 0 Å². The van der Waals surface area contributed by atoms with Gasteiger partial charge in [0.15, 0.2) is 0 Å². The molecule has 0 saturated carbocycles. The van der Waals surface area contributed by atoms with E-state index in [9.17, 15) is 0 Å². The Labute approximate surface area is 93.3 Å². The summed E-state index contributed by atoms with van der Waals surface area (Å²) in [6.45, 7) is 0. The molecule has 3 nitrogen and oxygen atoms in total. The van der Waals surface area contributed by atoms with Crippen molar-refractivity contribution in [1.29, 1.82) is 0 Å². The Hall–Kier alpha value is -0.680. The molecule has 0 N–H and O–H groups in total. The zero-order valence-corrected chi connectivity index (χ0v) is 9.69. The maximum atomic E-state index is 5.09. The molecule has 0 amide bonds. The van der Waals surface area contributed by atoms with Crippen LogP contribution in [-0.2, 0) is 12.8 Å². The summed E-state index contributed by atoms with van der Waals surface area (Å²) in [5.74, 6) is 0.622. The van der Waals surface area contributed by atoms with Gasteiger partial charge < -0.3 is 4.52 Å². The third kappa shape index (κ3) is 1.31. The highest BCUT2D eigenvalue weighted by atomic mass is 79.9. The van der Waals surface area contributed by atoms with Gasteiger partial charge in [0.05, 0.1) is 4.88 Å². The van der Waals surface area contributed by atoms with Crippen LogP contribution in [0.3, 0.4) is 0 Å². The van der Waals surface area contributed by atoms with Gasteiger partial charge in [0, 0.05) is 4.88 Å². The third-order valence-corrected chi connectivity index (χ3v) is 3.91. The fourth-order valence-corrected chi connectivity index (χ4v) is 3.15. The first-order chi connectivity index (χ1) is 6.83. The Balaban J connectivity index is 2.05. The molecule has 0 aromatic carbocycles. The van der Waals surface area contributed by atoms with E-state index >= 15 is 0 Å². The van der Waals surface area contributed by atoms with Crippen molar-refractivity contribution in [2.75, 3.05) is 0 Å². The van der Waals surface area contributed by atoms with Crippen molar-refractivity contribution in [3.63, 3.8) is 0 Å². The molecule has 72 valence electrons. The number of rotatable bonds is 1. The molecule has 0 atom stereocenters. The SMILES string of the molecule is Brc1noc(-c2cc3c(s2)CCC3)n1. The van der Waals surface area contributed by atoms with Crippen molar-refractivity contribution in [2.24, 2.45) is 0 Å². The Morgan fingerprint density at radius 3 is 3.07 bits per heavy atom. The highest BCUT2D eigenvalue weighted by Crippen LogP contribution is 2.35. The Bertz CT molecular complexity index is 455. The van der Waals surface area contributed by atoms with Crippen molar-refractivity contribution < 1.29 is 4.52 Å². The number of hydrogen-bond acceptors (Lipinski definition) is 4. The average molecular weight is 271 g/mol. The smallest absolute Gasteiger partial charge is 0.268 e. The number of nitrogens with zero attached hydrogens (tertiary/aromatic N) is 2. The summed E-state index contributed by atoms with van der Waals surface area (Å²) < 4.78 is 5.60. The number of fused-ring (bicyclic) bond motifs is 1. The van der Waals surface area contributed by atoms with Crippen molar-refractivity contribution in [1.82, 2.24) is 10.1 Å². The summed E-state index contributed by atoms with van der Waals surface area (Å²) in [5.41, 5.74) is 1.46. The van der Waals surface area contributed by atoms with Gasteiger partial charge in [0.1, 0.15) is 0 Å². The molecule has 3 rings (SSSR count). The lowest BCUT2D eigenvalue weighted by Gasteiger charge is -1.86. The second kappa shape index (κ2) is 3.17. The van der Waals surface area contributed by atoms with Gasteiger partial charge in [0.25, 0.3) is 5.89 Å². The van der Waals surface area contributed by atoms with Crippen molar-refractivity contribution in [3.05, 3.63) is 21.2 Å². The number of halogens is 1. The third-order valence-electron chi connectivity index (χ3n) is 2.36. The summed E-state index contributed by atoms with van der Waals surface area (Å²) in [6.07, 6.45) is 3.69. The molecule has 0 radical (unpaired) electrons.